The first kappa shape index (κ1) is 8.94. The Morgan fingerprint density at radius 3 is 2.30 bits per heavy atom. The molecule has 0 rings (SSSR count). The third-order valence-electron chi connectivity index (χ3n) is 1.00. The molecule has 0 amide bonds. The second-order valence-corrected chi connectivity index (χ2v) is 2.19. The van der Waals surface area contributed by atoms with Crippen molar-refractivity contribution >= 4 is 0 Å². The van der Waals surface area contributed by atoms with Crippen molar-refractivity contribution in [3.05, 3.63) is 22.0 Å². The zero-order chi connectivity index (χ0) is 8.15. The van der Waals surface area contributed by atoms with Crippen LogP contribution in [-0.2, 0) is 0 Å². The van der Waals surface area contributed by atoms with Gasteiger partial charge in [0.2, 0.25) is 0 Å². The van der Waals surface area contributed by atoms with E-state index in [4.69, 9.17) is 0 Å². The Bertz CT molecular complexity index is 152. The lowest BCUT2D eigenvalue weighted by atomic mass is 10.4. The summed E-state index contributed by atoms with van der Waals surface area (Å²) in [6.45, 7) is 1.76. The Kier molecular flexibility index (Phi) is 3.46. The average Bonchev–Trinajstić information content (AvgIpc) is 1.81. The maximum absolute atomic E-state index is 10.2. The predicted molar refractivity (Wildman–Crippen MR) is 39.1 cm³/mol. The zero-order valence-electron chi connectivity index (χ0n) is 6.50. The molecule has 4 nitrogen and oxygen atoms in total. The van der Waals surface area contributed by atoms with Crippen LogP contribution in [0.15, 0.2) is 11.9 Å². The summed E-state index contributed by atoms with van der Waals surface area (Å²) in [4.78, 5) is 11.5. The minimum Gasteiger partial charge on any atom is -0.378 e. The van der Waals surface area contributed by atoms with Crippen molar-refractivity contribution in [3.8, 4) is 0 Å². The monoisotopic (exact) mass is 144 g/mol. The summed E-state index contributed by atoms with van der Waals surface area (Å²) in [6, 6.07) is 0. The molecule has 4 heteroatoms. The second kappa shape index (κ2) is 3.87. The molecule has 0 aliphatic rings. The lowest BCUT2D eigenvalue weighted by Crippen LogP contribution is -2.07. The summed E-state index contributed by atoms with van der Waals surface area (Å²) in [6.07, 6.45) is 1.98. The van der Waals surface area contributed by atoms with Crippen LogP contribution in [0.3, 0.4) is 0 Å². The smallest absolute Gasteiger partial charge is 0.261 e. The number of hydrogen-bond donors (Lipinski definition) is 0. The number of hydrogen-bond acceptors (Lipinski definition) is 3. The van der Waals surface area contributed by atoms with Gasteiger partial charge in [-0.1, -0.05) is 6.92 Å². The molecule has 0 N–H and O–H groups in total. The molecule has 0 heterocycles. The molecule has 0 unspecified atom stereocenters. The summed E-state index contributed by atoms with van der Waals surface area (Å²) in [7, 11) is 3.53. The lowest BCUT2D eigenvalue weighted by Gasteiger charge is -2.03. The minimum atomic E-state index is -0.361. The van der Waals surface area contributed by atoms with Crippen LogP contribution >= 0.6 is 0 Å². The van der Waals surface area contributed by atoms with Gasteiger partial charge in [0.1, 0.15) is 0 Å². The normalized spacial score (nSPS) is 11.3. The Labute approximate surface area is 60.3 Å². The van der Waals surface area contributed by atoms with Gasteiger partial charge in [-0.05, 0) is 0 Å². The van der Waals surface area contributed by atoms with E-state index in [2.05, 4.69) is 0 Å². The predicted octanol–water partition coefficient (Wildman–Crippen LogP) is 1.08. The van der Waals surface area contributed by atoms with E-state index in [1.165, 1.54) is 6.20 Å². The van der Waals surface area contributed by atoms with Gasteiger partial charge in [0.05, 0.1) is 11.1 Å². The molecule has 0 fully saturated rings. The molecule has 0 atom stereocenters. The molecule has 0 aromatic carbocycles. The van der Waals surface area contributed by atoms with Crippen LogP contribution in [0.25, 0.3) is 0 Å². The molecule has 0 radical (unpaired) electrons. The average molecular weight is 144 g/mol. The van der Waals surface area contributed by atoms with Crippen LogP contribution in [0.1, 0.15) is 13.3 Å². The van der Waals surface area contributed by atoms with Crippen molar-refractivity contribution in [1.29, 1.82) is 0 Å². The lowest BCUT2D eigenvalue weighted by molar-refractivity contribution is -0.428. The Morgan fingerprint density at radius 2 is 2.20 bits per heavy atom. The van der Waals surface area contributed by atoms with Gasteiger partial charge >= 0.3 is 0 Å². The van der Waals surface area contributed by atoms with E-state index in [9.17, 15) is 10.1 Å². The highest BCUT2D eigenvalue weighted by atomic mass is 16.6. The van der Waals surface area contributed by atoms with Crippen molar-refractivity contribution in [1.82, 2.24) is 4.90 Å². The van der Waals surface area contributed by atoms with Crippen LogP contribution in [0.4, 0.5) is 0 Å². The van der Waals surface area contributed by atoms with Crippen LogP contribution in [0, 0.1) is 10.1 Å². The van der Waals surface area contributed by atoms with Crippen LogP contribution < -0.4 is 0 Å². The summed E-state index contributed by atoms with van der Waals surface area (Å²) in [5, 5.41) is 10.2. The number of nitrogens with zero attached hydrogens (tertiary/aromatic N) is 2. The van der Waals surface area contributed by atoms with E-state index < -0.39 is 0 Å². The third-order valence-corrected chi connectivity index (χ3v) is 1.00. The number of nitro groups is 1. The van der Waals surface area contributed by atoms with Gasteiger partial charge < -0.3 is 4.90 Å². The minimum absolute atomic E-state index is 0.241. The SMILES string of the molecule is CCC(=CN(C)C)[N+](=O)[O-]. The highest BCUT2D eigenvalue weighted by Crippen LogP contribution is 2.00. The van der Waals surface area contributed by atoms with E-state index in [0.29, 0.717) is 6.42 Å². The topological polar surface area (TPSA) is 46.4 Å². The zero-order valence-corrected chi connectivity index (χ0v) is 6.50. The fourth-order valence-corrected chi connectivity index (χ4v) is 0.566. The molecular formula is C6H12N2O2. The summed E-state index contributed by atoms with van der Waals surface area (Å²) < 4.78 is 0. The maximum atomic E-state index is 10.2. The molecule has 58 valence electrons. The summed E-state index contributed by atoms with van der Waals surface area (Å²) in [5.41, 5.74) is 0.241. The molecule has 0 saturated heterocycles. The Balaban J connectivity index is 4.19. The van der Waals surface area contributed by atoms with E-state index in [-0.39, 0.29) is 10.6 Å². The molecule has 10 heavy (non-hydrogen) atoms. The molecule has 0 spiro atoms. The van der Waals surface area contributed by atoms with Gasteiger partial charge in [0.25, 0.3) is 5.70 Å². The van der Waals surface area contributed by atoms with Crippen molar-refractivity contribution in [3.63, 3.8) is 0 Å². The molecule has 0 aromatic heterocycles. The number of allylic oxidation sites excluding steroid dienone is 1. The van der Waals surface area contributed by atoms with Crippen LogP contribution in [0.5, 0.6) is 0 Å². The molecule has 0 bridgehead atoms. The van der Waals surface area contributed by atoms with Crippen molar-refractivity contribution in [2.75, 3.05) is 14.1 Å². The van der Waals surface area contributed by atoms with E-state index >= 15 is 0 Å². The van der Waals surface area contributed by atoms with Gasteiger partial charge in [0, 0.05) is 20.5 Å². The van der Waals surface area contributed by atoms with Gasteiger partial charge in [-0.2, -0.15) is 0 Å². The quantitative estimate of drug-likeness (QED) is 0.439. The fourth-order valence-electron chi connectivity index (χ4n) is 0.566. The third kappa shape index (κ3) is 3.06. The van der Waals surface area contributed by atoms with E-state index in [0.717, 1.165) is 0 Å². The van der Waals surface area contributed by atoms with E-state index in [1.54, 1.807) is 25.9 Å². The van der Waals surface area contributed by atoms with Crippen molar-refractivity contribution in [2.45, 2.75) is 13.3 Å². The Morgan fingerprint density at radius 1 is 1.70 bits per heavy atom. The standard InChI is InChI=1S/C6H12N2O2/c1-4-6(8(9)10)5-7(2)3/h5H,4H2,1-3H3. The highest BCUT2D eigenvalue weighted by molar-refractivity contribution is 4.88. The summed E-state index contributed by atoms with van der Waals surface area (Å²) >= 11 is 0. The molecule has 0 aliphatic carbocycles. The van der Waals surface area contributed by atoms with Crippen molar-refractivity contribution < 1.29 is 4.92 Å². The maximum Gasteiger partial charge on any atom is 0.261 e. The van der Waals surface area contributed by atoms with E-state index in [1.807, 2.05) is 0 Å². The number of rotatable bonds is 3. The first-order valence-electron chi connectivity index (χ1n) is 3.09. The van der Waals surface area contributed by atoms with Crippen LogP contribution in [-0.4, -0.2) is 23.9 Å². The second-order valence-electron chi connectivity index (χ2n) is 2.19. The Hall–Kier alpha value is -1.06. The highest BCUT2D eigenvalue weighted by Gasteiger charge is 2.05. The fraction of sp³-hybridized carbons (Fsp3) is 0.667. The molecule has 0 aliphatic heterocycles. The summed E-state index contributed by atoms with van der Waals surface area (Å²) in [5.74, 6) is 0. The first-order valence-corrected chi connectivity index (χ1v) is 3.09. The largest absolute Gasteiger partial charge is 0.378 e. The molecular weight excluding hydrogens is 132 g/mol. The van der Waals surface area contributed by atoms with Gasteiger partial charge in [-0.15, -0.1) is 0 Å². The van der Waals surface area contributed by atoms with Gasteiger partial charge in [0.15, 0.2) is 0 Å². The van der Waals surface area contributed by atoms with Crippen LogP contribution in [0.2, 0.25) is 0 Å². The molecule has 0 aromatic rings. The first-order chi connectivity index (χ1) is 4.57. The van der Waals surface area contributed by atoms with Crippen molar-refractivity contribution in [2.24, 2.45) is 0 Å². The molecule has 0 saturated carbocycles. The van der Waals surface area contributed by atoms with Gasteiger partial charge in [-0.25, -0.2) is 0 Å². The van der Waals surface area contributed by atoms with Gasteiger partial charge in [-0.3, -0.25) is 10.1 Å².